The molecule has 0 fully saturated rings. The van der Waals surface area contributed by atoms with Gasteiger partial charge in [0.05, 0.1) is 12.7 Å². The summed E-state index contributed by atoms with van der Waals surface area (Å²) in [4.78, 5) is 3.40. The van der Waals surface area contributed by atoms with Gasteiger partial charge in [0, 0.05) is 28.8 Å². The van der Waals surface area contributed by atoms with Gasteiger partial charge >= 0.3 is 0 Å². The summed E-state index contributed by atoms with van der Waals surface area (Å²) in [5.41, 5.74) is 4.16. The highest BCUT2D eigenvalue weighted by Crippen LogP contribution is 2.25. The Kier molecular flexibility index (Phi) is 3.90. The molecule has 4 heteroatoms. The Morgan fingerprint density at radius 2 is 1.90 bits per heavy atom. The highest BCUT2D eigenvalue weighted by Gasteiger charge is 2.05. The fraction of sp³-hybridized carbons (Fsp3) is 0.176. The van der Waals surface area contributed by atoms with E-state index in [0.29, 0.717) is 6.54 Å². The number of aliphatic hydroxyl groups excluding tert-OH is 2. The van der Waals surface area contributed by atoms with Crippen LogP contribution in [-0.4, -0.2) is 34.5 Å². The zero-order valence-electron chi connectivity index (χ0n) is 11.6. The summed E-state index contributed by atoms with van der Waals surface area (Å²) in [5, 5.41) is 22.5. The van der Waals surface area contributed by atoms with E-state index in [-0.39, 0.29) is 6.61 Å². The Hall–Kier alpha value is -2.30. The second-order valence-corrected chi connectivity index (χ2v) is 5.07. The number of hydrogen-bond acceptors (Lipinski definition) is 3. The molecule has 1 heterocycles. The Bertz CT molecular complexity index is 703. The molecule has 3 aromatic rings. The van der Waals surface area contributed by atoms with E-state index in [0.717, 1.165) is 22.5 Å². The molecule has 0 aliphatic carbocycles. The highest BCUT2D eigenvalue weighted by molar-refractivity contribution is 5.86. The van der Waals surface area contributed by atoms with Crippen molar-refractivity contribution in [3.8, 4) is 11.3 Å². The second kappa shape index (κ2) is 5.99. The molecule has 0 aliphatic heterocycles. The van der Waals surface area contributed by atoms with Crippen molar-refractivity contribution in [1.82, 2.24) is 4.98 Å². The van der Waals surface area contributed by atoms with Gasteiger partial charge in [0.1, 0.15) is 0 Å². The molecule has 3 rings (SSSR count). The lowest BCUT2D eigenvalue weighted by atomic mass is 10.1. The molecule has 0 spiro atoms. The number of aromatic amines is 1. The van der Waals surface area contributed by atoms with Crippen molar-refractivity contribution < 1.29 is 10.2 Å². The fourth-order valence-electron chi connectivity index (χ4n) is 2.33. The summed E-state index contributed by atoms with van der Waals surface area (Å²) in [7, 11) is 0. The molecule has 1 unspecified atom stereocenters. The number of para-hydroxylation sites is 1. The van der Waals surface area contributed by atoms with Crippen molar-refractivity contribution in [1.29, 1.82) is 0 Å². The average molecular weight is 282 g/mol. The van der Waals surface area contributed by atoms with E-state index in [4.69, 9.17) is 5.11 Å². The van der Waals surface area contributed by atoms with Crippen LogP contribution in [0.15, 0.2) is 54.6 Å². The molecule has 0 radical (unpaired) electrons. The molecule has 0 aliphatic rings. The summed E-state index contributed by atoms with van der Waals surface area (Å²) in [6.07, 6.45) is -0.748. The van der Waals surface area contributed by atoms with Crippen LogP contribution >= 0.6 is 0 Å². The third-order valence-corrected chi connectivity index (χ3v) is 3.46. The van der Waals surface area contributed by atoms with E-state index in [9.17, 15) is 5.11 Å². The van der Waals surface area contributed by atoms with Gasteiger partial charge in [-0.05, 0) is 29.8 Å². The minimum absolute atomic E-state index is 0.241. The van der Waals surface area contributed by atoms with Gasteiger partial charge in [-0.15, -0.1) is 0 Å². The topological polar surface area (TPSA) is 68.3 Å². The monoisotopic (exact) mass is 282 g/mol. The Labute approximate surface area is 123 Å². The Balaban J connectivity index is 1.85. The van der Waals surface area contributed by atoms with E-state index in [1.165, 1.54) is 5.39 Å². The molecule has 4 nitrogen and oxygen atoms in total. The number of benzene rings is 2. The Morgan fingerprint density at radius 3 is 2.71 bits per heavy atom. The number of anilines is 1. The third-order valence-electron chi connectivity index (χ3n) is 3.46. The lowest BCUT2D eigenvalue weighted by Gasteiger charge is -2.11. The number of fused-ring (bicyclic) bond motifs is 1. The molecule has 4 N–H and O–H groups in total. The van der Waals surface area contributed by atoms with Gasteiger partial charge in [-0.1, -0.05) is 30.3 Å². The Morgan fingerprint density at radius 1 is 1.05 bits per heavy atom. The number of hydrogen-bond donors (Lipinski definition) is 4. The molecule has 0 amide bonds. The SMILES string of the molecule is OCC(O)CNc1cccc(-c2cc3ccccc3[nH]2)c1. The van der Waals surface area contributed by atoms with Crippen LogP contribution in [0.5, 0.6) is 0 Å². The van der Waals surface area contributed by atoms with Crippen LogP contribution in [0.2, 0.25) is 0 Å². The smallest absolute Gasteiger partial charge is 0.0942 e. The van der Waals surface area contributed by atoms with Crippen LogP contribution in [-0.2, 0) is 0 Å². The second-order valence-electron chi connectivity index (χ2n) is 5.07. The predicted octanol–water partition coefficient (Wildman–Crippen LogP) is 2.60. The summed E-state index contributed by atoms with van der Waals surface area (Å²) in [5.74, 6) is 0. The zero-order valence-corrected chi connectivity index (χ0v) is 11.6. The van der Waals surface area contributed by atoms with Crippen LogP contribution in [0.1, 0.15) is 0 Å². The standard InChI is InChI=1S/C17H18N2O2/c20-11-15(21)10-18-14-6-3-5-12(8-14)17-9-13-4-1-2-7-16(13)19-17/h1-9,15,18-21H,10-11H2. The number of H-pyrrole nitrogens is 1. The molecule has 1 aromatic heterocycles. The van der Waals surface area contributed by atoms with Crippen molar-refractivity contribution in [2.45, 2.75) is 6.10 Å². The third kappa shape index (κ3) is 3.07. The normalized spacial score (nSPS) is 12.5. The van der Waals surface area contributed by atoms with Crippen molar-refractivity contribution in [3.05, 3.63) is 54.6 Å². The van der Waals surface area contributed by atoms with Crippen molar-refractivity contribution in [2.75, 3.05) is 18.5 Å². The van der Waals surface area contributed by atoms with Gasteiger partial charge in [-0.25, -0.2) is 0 Å². The lowest BCUT2D eigenvalue weighted by Crippen LogP contribution is -2.22. The largest absolute Gasteiger partial charge is 0.394 e. The maximum absolute atomic E-state index is 9.38. The molecule has 21 heavy (non-hydrogen) atoms. The number of rotatable bonds is 5. The molecule has 0 saturated carbocycles. The maximum atomic E-state index is 9.38. The van der Waals surface area contributed by atoms with Crippen molar-refractivity contribution in [2.24, 2.45) is 0 Å². The zero-order chi connectivity index (χ0) is 14.7. The number of nitrogens with one attached hydrogen (secondary N) is 2. The van der Waals surface area contributed by atoms with Gasteiger partial charge in [0.15, 0.2) is 0 Å². The van der Waals surface area contributed by atoms with Gasteiger partial charge in [-0.3, -0.25) is 0 Å². The van der Waals surface area contributed by atoms with E-state index in [2.05, 4.69) is 28.5 Å². The average Bonchev–Trinajstić information content (AvgIpc) is 2.97. The van der Waals surface area contributed by atoms with E-state index < -0.39 is 6.10 Å². The van der Waals surface area contributed by atoms with Crippen molar-refractivity contribution in [3.63, 3.8) is 0 Å². The lowest BCUT2D eigenvalue weighted by molar-refractivity contribution is 0.105. The molecular weight excluding hydrogens is 264 g/mol. The number of aliphatic hydroxyl groups is 2. The van der Waals surface area contributed by atoms with Crippen LogP contribution in [0, 0.1) is 0 Å². The van der Waals surface area contributed by atoms with Gasteiger partial charge in [0.2, 0.25) is 0 Å². The van der Waals surface area contributed by atoms with Gasteiger partial charge < -0.3 is 20.5 Å². The maximum Gasteiger partial charge on any atom is 0.0942 e. The van der Waals surface area contributed by atoms with Crippen molar-refractivity contribution >= 4 is 16.6 Å². The highest BCUT2D eigenvalue weighted by atomic mass is 16.3. The molecule has 2 aromatic carbocycles. The van der Waals surface area contributed by atoms with E-state index in [1.54, 1.807) is 0 Å². The molecule has 0 bridgehead atoms. The summed E-state index contributed by atoms with van der Waals surface area (Å²) in [6.45, 7) is 0.0847. The van der Waals surface area contributed by atoms with Crippen LogP contribution < -0.4 is 5.32 Å². The minimum Gasteiger partial charge on any atom is -0.394 e. The first-order chi connectivity index (χ1) is 10.3. The number of aromatic nitrogens is 1. The summed E-state index contributed by atoms with van der Waals surface area (Å²) in [6, 6.07) is 18.3. The first-order valence-corrected chi connectivity index (χ1v) is 6.97. The van der Waals surface area contributed by atoms with Gasteiger partial charge in [-0.2, -0.15) is 0 Å². The first kappa shape index (κ1) is 13.7. The van der Waals surface area contributed by atoms with Crippen LogP contribution in [0.4, 0.5) is 5.69 Å². The van der Waals surface area contributed by atoms with E-state index >= 15 is 0 Å². The summed E-state index contributed by atoms with van der Waals surface area (Å²) < 4.78 is 0. The van der Waals surface area contributed by atoms with Gasteiger partial charge in [0.25, 0.3) is 0 Å². The fourth-order valence-corrected chi connectivity index (χ4v) is 2.33. The van der Waals surface area contributed by atoms with E-state index in [1.807, 2.05) is 36.4 Å². The molecule has 1 atom stereocenters. The predicted molar refractivity (Wildman–Crippen MR) is 85.3 cm³/mol. The minimum atomic E-state index is -0.748. The molecule has 108 valence electrons. The van der Waals surface area contributed by atoms with Crippen LogP contribution in [0.25, 0.3) is 22.2 Å². The molecule has 0 saturated heterocycles. The summed E-state index contributed by atoms with van der Waals surface area (Å²) >= 11 is 0. The molecular formula is C17H18N2O2. The first-order valence-electron chi connectivity index (χ1n) is 6.97. The van der Waals surface area contributed by atoms with Crippen LogP contribution in [0.3, 0.4) is 0 Å². The quantitative estimate of drug-likeness (QED) is 0.581.